The van der Waals surface area contributed by atoms with Gasteiger partial charge in [0, 0.05) is 11.9 Å². The van der Waals surface area contributed by atoms with Gasteiger partial charge in [0.1, 0.15) is 6.17 Å². The van der Waals surface area contributed by atoms with Crippen LogP contribution in [0.15, 0.2) is 35.8 Å². The van der Waals surface area contributed by atoms with Gasteiger partial charge in [-0.05, 0) is 26.0 Å². The number of hydrogen-bond acceptors (Lipinski definition) is 2. The standard InChI is InChI=1S/C9H12N2.C2H6/c1-7-9-5-3-4-6-11(9)8(2)10-7;1-2/h3-6,8,10H,1-2H3;1-2H3. The molecule has 0 aromatic carbocycles. The summed E-state index contributed by atoms with van der Waals surface area (Å²) in [6, 6.07) is 0. The fourth-order valence-corrected chi connectivity index (χ4v) is 1.57. The van der Waals surface area contributed by atoms with E-state index in [9.17, 15) is 0 Å². The van der Waals surface area contributed by atoms with Gasteiger partial charge in [-0.25, -0.2) is 0 Å². The van der Waals surface area contributed by atoms with Crippen molar-refractivity contribution in [2.24, 2.45) is 0 Å². The predicted octanol–water partition coefficient (Wildman–Crippen LogP) is 2.58. The molecular formula is C11H18N2. The van der Waals surface area contributed by atoms with E-state index in [1.54, 1.807) is 0 Å². The van der Waals surface area contributed by atoms with Crippen LogP contribution in [-0.4, -0.2) is 11.1 Å². The largest absolute Gasteiger partial charge is 0.367 e. The first-order chi connectivity index (χ1) is 6.29. The van der Waals surface area contributed by atoms with E-state index >= 15 is 0 Å². The van der Waals surface area contributed by atoms with E-state index in [1.807, 2.05) is 13.8 Å². The number of fused-ring (bicyclic) bond motifs is 1. The third-order valence-corrected chi connectivity index (χ3v) is 2.12. The van der Waals surface area contributed by atoms with E-state index in [2.05, 4.69) is 48.5 Å². The molecule has 2 rings (SSSR count). The highest BCUT2D eigenvalue weighted by atomic mass is 15.3. The van der Waals surface area contributed by atoms with Crippen molar-refractivity contribution in [3.8, 4) is 0 Å². The van der Waals surface area contributed by atoms with Gasteiger partial charge in [0.15, 0.2) is 0 Å². The minimum absolute atomic E-state index is 0.409. The minimum Gasteiger partial charge on any atom is -0.367 e. The molecule has 2 nitrogen and oxygen atoms in total. The monoisotopic (exact) mass is 178 g/mol. The summed E-state index contributed by atoms with van der Waals surface area (Å²) in [5, 5.41) is 3.36. The maximum atomic E-state index is 3.36. The van der Waals surface area contributed by atoms with Crippen molar-refractivity contribution in [3.05, 3.63) is 35.8 Å². The Bertz CT molecular complexity index is 261. The molecule has 0 aliphatic carbocycles. The van der Waals surface area contributed by atoms with Crippen LogP contribution in [0.3, 0.4) is 0 Å². The van der Waals surface area contributed by atoms with E-state index in [-0.39, 0.29) is 0 Å². The van der Waals surface area contributed by atoms with Crippen LogP contribution in [0.1, 0.15) is 27.7 Å². The summed E-state index contributed by atoms with van der Waals surface area (Å²) < 4.78 is 0. The lowest BCUT2D eigenvalue weighted by Crippen LogP contribution is -2.30. The minimum atomic E-state index is 0.409. The molecule has 1 atom stereocenters. The molecule has 0 aromatic heterocycles. The molecular weight excluding hydrogens is 160 g/mol. The molecule has 1 N–H and O–H groups in total. The lowest BCUT2D eigenvalue weighted by molar-refractivity contribution is 0.375. The molecule has 0 fully saturated rings. The highest BCUT2D eigenvalue weighted by Gasteiger charge is 2.22. The lowest BCUT2D eigenvalue weighted by atomic mass is 10.2. The van der Waals surface area contributed by atoms with E-state index in [4.69, 9.17) is 0 Å². The highest BCUT2D eigenvalue weighted by Crippen LogP contribution is 2.23. The summed E-state index contributed by atoms with van der Waals surface area (Å²) in [5.74, 6) is 0. The summed E-state index contributed by atoms with van der Waals surface area (Å²) in [7, 11) is 0. The Balaban J connectivity index is 0.000000396. The normalized spacial score (nSPS) is 23.7. The highest BCUT2D eigenvalue weighted by molar-refractivity contribution is 5.34. The second-order valence-corrected chi connectivity index (χ2v) is 2.94. The average molecular weight is 178 g/mol. The van der Waals surface area contributed by atoms with Crippen molar-refractivity contribution in [2.75, 3.05) is 0 Å². The molecule has 0 radical (unpaired) electrons. The van der Waals surface area contributed by atoms with Crippen LogP contribution in [-0.2, 0) is 0 Å². The second kappa shape index (κ2) is 4.17. The van der Waals surface area contributed by atoms with E-state index in [0.717, 1.165) is 0 Å². The van der Waals surface area contributed by atoms with Gasteiger partial charge < -0.3 is 10.2 Å². The second-order valence-electron chi connectivity index (χ2n) is 2.94. The summed E-state index contributed by atoms with van der Waals surface area (Å²) in [5.41, 5.74) is 2.55. The Kier molecular flexibility index (Phi) is 3.18. The zero-order chi connectivity index (χ0) is 9.84. The molecule has 0 bridgehead atoms. The summed E-state index contributed by atoms with van der Waals surface area (Å²) in [4.78, 5) is 2.23. The number of nitrogens with one attached hydrogen (secondary N) is 1. The Labute approximate surface area is 80.6 Å². The van der Waals surface area contributed by atoms with Crippen molar-refractivity contribution in [1.82, 2.24) is 10.2 Å². The van der Waals surface area contributed by atoms with Crippen LogP contribution in [0.2, 0.25) is 0 Å². The van der Waals surface area contributed by atoms with Crippen molar-refractivity contribution >= 4 is 0 Å². The Morgan fingerprint density at radius 1 is 1.31 bits per heavy atom. The molecule has 0 spiro atoms. The summed E-state index contributed by atoms with van der Waals surface area (Å²) >= 11 is 0. The van der Waals surface area contributed by atoms with Gasteiger partial charge in [-0.3, -0.25) is 0 Å². The van der Waals surface area contributed by atoms with Gasteiger partial charge in [0.2, 0.25) is 0 Å². The fourth-order valence-electron chi connectivity index (χ4n) is 1.57. The quantitative estimate of drug-likeness (QED) is 0.613. The Hall–Kier alpha value is -1.18. The molecule has 2 aliphatic heterocycles. The van der Waals surface area contributed by atoms with E-state index < -0.39 is 0 Å². The zero-order valence-corrected chi connectivity index (χ0v) is 8.83. The third-order valence-electron chi connectivity index (χ3n) is 2.12. The SMILES string of the molecule is CC.CC1=C2C=CC=CN2C(C)N1. The van der Waals surface area contributed by atoms with Crippen molar-refractivity contribution < 1.29 is 0 Å². The molecule has 0 aromatic rings. The van der Waals surface area contributed by atoms with E-state index in [1.165, 1.54) is 11.4 Å². The van der Waals surface area contributed by atoms with Gasteiger partial charge in [-0.15, -0.1) is 0 Å². The van der Waals surface area contributed by atoms with Crippen molar-refractivity contribution in [2.45, 2.75) is 33.9 Å². The maximum absolute atomic E-state index is 3.36. The summed E-state index contributed by atoms with van der Waals surface area (Å²) in [6.45, 7) is 8.26. The molecule has 1 unspecified atom stereocenters. The first-order valence-electron chi connectivity index (χ1n) is 4.89. The molecule has 0 saturated heterocycles. The van der Waals surface area contributed by atoms with Crippen LogP contribution in [0.25, 0.3) is 0 Å². The first kappa shape index (κ1) is 9.90. The molecule has 2 heteroatoms. The smallest absolute Gasteiger partial charge is 0.100 e. The molecule has 13 heavy (non-hydrogen) atoms. The molecule has 72 valence electrons. The van der Waals surface area contributed by atoms with Crippen LogP contribution in [0.4, 0.5) is 0 Å². The molecule has 2 aliphatic rings. The Morgan fingerprint density at radius 3 is 2.62 bits per heavy atom. The molecule has 0 saturated carbocycles. The number of hydrogen-bond donors (Lipinski definition) is 1. The topological polar surface area (TPSA) is 15.3 Å². The van der Waals surface area contributed by atoms with Crippen LogP contribution in [0, 0.1) is 0 Å². The van der Waals surface area contributed by atoms with Crippen LogP contribution >= 0.6 is 0 Å². The molecule has 2 heterocycles. The number of allylic oxidation sites excluding steroid dienone is 4. The van der Waals surface area contributed by atoms with Crippen LogP contribution < -0.4 is 5.32 Å². The fraction of sp³-hybridized carbons (Fsp3) is 0.455. The van der Waals surface area contributed by atoms with Crippen LogP contribution in [0.5, 0.6) is 0 Å². The first-order valence-corrected chi connectivity index (χ1v) is 4.89. The third kappa shape index (κ3) is 1.77. The number of rotatable bonds is 0. The number of nitrogens with zero attached hydrogens (tertiary/aromatic N) is 1. The van der Waals surface area contributed by atoms with Gasteiger partial charge in [-0.1, -0.05) is 19.9 Å². The maximum Gasteiger partial charge on any atom is 0.100 e. The van der Waals surface area contributed by atoms with Crippen molar-refractivity contribution in [3.63, 3.8) is 0 Å². The van der Waals surface area contributed by atoms with E-state index in [0.29, 0.717) is 6.17 Å². The van der Waals surface area contributed by atoms with Crippen molar-refractivity contribution in [1.29, 1.82) is 0 Å². The van der Waals surface area contributed by atoms with Gasteiger partial charge in [0.05, 0.1) is 5.70 Å². The van der Waals surface area contributed by atoms with Gasteiger partial charge in [0.25, 0.3) is 0 Å². The predicted molar refractivity (Wildman–Crippen MR) is 56.8 cm³/mol. The van der Waals surface area contributed by atoms with Gasteiger partial charge >= 0.3 is 0 Å². The summed E-state index contributed by atoms with van der Waals surface area (Å²) in [6.07, 6.45) is 8.76. The lowest BCUT2D eigenvalue weighted by Gasteiger charge is -2.22. The Morgan fingerprint density at radius 2 is 2.00 bits per heavy atom. The average Bonchev–Trinajstić information content (AvgIpc) is 2.47. The van der Waals surface area contributed by atoms with Gasteiger partial charge in [-0.2, -0.15) is 0 Å². The zero-order valence-electron chi connectivity index (χ0n) is 8.83. The molecule has 0 amide bonds.